The summed E-state index contributed by atoms with van der Waals surface area (Å²) in [6.07, 6.45) is 1.84. The number of hydrogen-bond acceptors (Lipinski definition) is 8. The number of nitrogens with zero attached hydrogens (tertiary/aromatic N) is 6. The van der Waals surface area contributed by atoms with E-state index in [2.05, 4.69) is 53.7 Å². The van der Waals surface area contributed by atoms with Crippen LogP contribution in [-0.4, -0.2) is 71.6 Å². The van der Waals surface area contributed by atoms with Crippen molar-refractivity contribution in [1.82, 2.24) is 19.9 Å². The van der Waals surface area contributed by atoms with Crippen molar-refractivity contribution in [3.8, 4) is 17.1 Å². The average Bonchev–Trinajstić information content (AvgIpc) is 2.93. The standard InChI is InChI=1S/C30H39N7O2/c1-5-22-8-7-9-23(6-2)27(22)28-33-21(4)24(18-37-16-17-39-25-11-10-20(3)32-30(25)37)29(34-28)36-14-12-35(13-15-36)19-26(31)38/h7-11H,5-6,12-19H2,1-4H3,(H2,31,38). The van der Waals surface area contributed by atoms with E-state index in [4.69, 9.17) is 25.4 Å². The molecule has 1 aromatic carbocycles. The Morgan fingerprint density at radius 3 is 2.31 bits per heavy atom. The Balaban J connectivity index is 1.57. The van der Waals surface area contributed by atoms with Crippen molar-refractivity contribution >= 4 is 17.5 Å². The number of nitrogens with two attached hydrogens (primary N) is 1. The Kier molecular flexibility index (Phi) is 7.97. The number of hydrogen-bond donors (Lipinski definition) is 1. The average molecular weight is 530 g/mol. The minimum Gasteiger partial charge on any atom is -0.488 e. The van der Waals surface area contributed by atoms with Gasteiger partial charge in [0.2, 0.25) is 5.91 Å². The number of pyridine rings is 1. The van der Waals surface area contributed by atoms with E-state index >= 15 is 0 Å². The fourth-order valence-corrected chi connectivity index (χ4v) is 5.59. The summed E-state index contributed by atoms with van der Waals surface area (Å²) in [5.74, 6) is 3.14. The highest BCUT2D eigenvalue weighted by molar-refractivity contribution is 5.76. The van der Waals surface area contributed by atoms with E-state index in [1.54, 1.807) is 0 Å². The van der Waals surface area contributed by atoms with Crippen LogP contribution in [-0.2, 0) is 24.2 Å². The van der Waals surface area contributed by atoms with Gasteiger partial charge in [0.1, 0.15) is 12.4 Å². The zero-order valence-electron chi connectivity index (χ0n) is 23.5. The van der Waals surface area contributed by atoms with Crippen LogP contribution in [0.15, 0.2) is 30.3 Å². The molecule has 0 bridgehead atoms. The molecule has 0 radical (unpaired) electrons. The molecule has 0 unspecified atom stereocenters. The number of piperazine rings is 1. The van der Waals surface area contributed by atoms with Crippen molar-refractivity contribution in [1.29, 1.82) is 0 Å². The Morgan fingerprint density at radius 1 is 0.923 bits per heavy atom. The lowest BCUT2D eigenvalue weighted by molar-refractivity contribution is -0.119. The minimum absolute atomic E-state index is 0.286. The van der Waals surface area contributed by atoms with Gasteiger partial charge < -0.3 is 20.3 Å². The van der Waals surface area contributed by atoms with Crippen LogP contribution in [0, 0.1) is 13.8 Å². The number of carbonyl (C=O) groups excluding carboxylic acids is 1. The number of ether oxygens (including phenoxy) is 1. The predicted octanol–water partition coefficient (Wildman–Crippen LogP) is 3.29. The second-order valence-electron chi connectivity index (χ2n) is 10.4. The summed E-state index contributed by atoms with van der Waals surface area (Å²) >= 11 is 0. The van der Waals surface area contributed by atoms with E-state index in [-0.39, 0.29) is 12.5 Å². The number of primary amides is 1. The van der Waals surface area contributed by atoms with Crippen LogP contribution >= 0.6 is 0 Å². The summed E-state index contributed by atoms with van der Waals surface area (Å²) in [6.45, 7) is 13.8. The normalized spacial score (nSPS) is 15.7. The summed E-state index contributed by atoms with van der Waals surface area (Å²) in [5, 5.41) is 0. The van der Waals surface area contributed by atoms with E-state index in [1.807, 2.05) is 19.1 Å². The summed E-state index contributed by atoms with van der Waals surface area (Å²) in [6, 6.07) is 10.5. The number of aryl methyl sites for hydroxylation is 4. The molecule has 2 N–H and O–H groups in total. The van der Waals surface area contributed by atoms with Gasteiger partial charge in [0, 0.05) is 48.7 Å². The van der Waals surface area contributed by atoms with Gasteiger partial charge in [-0.25, -0.2) is 15.0 Å². The van der Waals surface area contributed by atoms with Gasteiger partial charge in [-0.3, -0.25) is 9.69 Å². The Bertz CT molecular complexity index is 1330. The van der Waals surface area contributed by atoms with Crippen LogP contribution in [0.1, 0.15) is 41.9 Å². The van der Waals surface area contributed by atoms with Gasteiger partial charge in [-0.05, 0) is 49.9 Å². The second kappa shape index (κ2) is 11.6. The maximum absolute atomic E-state index is 11.5. The molecule has 206 valence electrons. The number of aromatic nitrogens is 3. The second-order valence-corrected chi connectivity index (χ2v) is 10.4. The molecular formula is C30H39N7O2. The zero-order chi connectivity index (χ0) is 27.5. The lowest BCUT2D eigenvalue weighted by atomic mass is 9.96. The molecule has 1 fully saturated rings. The maximum Gasteiger partial charge on any atom is 0.231 e. The third-order valence-electron chi connectivity index (χ3n) is 7.71. The fourth-order valence-electron chi connectivity index (χ4n) is 5.59. The van der Waals surface area contributed by atoms with E-state index < -0.39 is 0 Å². The van der Waals surface area contributed by atoms with E-state index in [9.17, 15) is 4.79 Å². The molecule has 2 aliphatic rings. The lowest BCUT2D eigenvalue weighted by Crippen LogP contribution is -2.49. The quantitative estimate of drug-likeness (QED) is 0.475. The molecule has 1 saturated heterocycles. The predicted molar refractivity (Wildman–Crippen MR) is 154 cm³/mol. The van der Waals surface area contributed by atoms with Gasteiger partial charge in [0.15, 0.2) is 17.4 Å². The van der Waals surface area contributed by atoms with E-state index in [0.29, 0.717) is 13.2 Å². The number of rotatable bonds is 8. The van der Waals surface area contributed by atoms with Crippen LogP contribution in [0.5, 0.6) is 5.75 Å². The first kappa shape index (κ1) is 26.9. The number of anilines is 2. The van der Waals surface area contributed by atoms with Crippen molar-refractivity contribution in [3.05, 3.63) is 58.4 Å². The summed E-state index contributed by atoms with van der Waals surface area (Å²) < 4.78 is 5.91. The van der Waals surface area contributed by atoms with E-state index in [1.165, 1.54) is 11.1 Å². The highest BCUT2D eigenvalue weighted by Crippen LogP contribution is 2.35. The van der Waals surface area contributed by atoms with Gasteiger partial charge in [-0.1, -0.05) is 32.0 Å². The van der Waals surface area contributed by atoms with Crippen LogP contribution in [0.3, 0.4) is 0 Å². The molecule has 5 rings (SSSR count). The van der Waals surface area contributed by atoms with Gasteiger partial charge in [0.05, 0.1) is 19.6 Å². The first-order valence-electron chi connectivity index (χ1n) is 14.0. The van der Waals surface area contributed by atoms with Crippen LogP contribution in [0.4, 0.5) is 11.6 Å². The number of fused-ring (bicyclic) bond motifs is 1. The number of carbonyl (C=O) groups is 1. The fraction of sp³-hybridized carbons (Fsp3) is 0.467. The monoisotopic (exact) mass is 529 g/mol. The maximum atomic E-state index is 11.5. The molecule has 2 aromatic heterocycles. The molecule has 0 spiro atoms. The largest absolute Gasteiger partial charge is 0.488 e. The molecule has 9 nitrogen and oxygen atoms in total. The molecular weight excluding hydrogens is 490 g/mol. The molecule has 2 aliphatic heterocycles. The van der Waals surface area contributed by atoms with Crippen molar-refractivity contribution in [3.63, 3.8) is 0 Å². The number of amides is 1. The van der Waals surface area contributed by atoms with Gasteiger partial charge in [-0.2, -0.15) is 0 Å². The van der Waals surface area contributed by atoms with Gasteiger partial charge in [-0.15, -0.1) is 0 Å². The molecule has 0 atom stereocenters. The van der Waals surface area contributed by atoms with Crippen molar-refractivity contribution < 1.29 is 9.53 Å². The van der Waals surface area contributed by atoms with Crippen LogP contribution < -0.4 is 20.3 Å². The van der Waals surface area contributed by atoms with E-state index in [0.717, 1.165) is 91.3 Å². The summed E-state index contributed by atoms with van der Waals surface area (Å²) in [4.78, 5) is 33.5. The third-order valence-corrected chi connectivity index (χ3v) is 7.71. The molecule has 0 aliphatic carbocycles. The molecule has 0 saturated carbocycles. The molecule has 3 aromatic rings. The molecule has 39 heavy (non-hydrogen) atoms. The summed E-state index contributed by atoms with van der Waals surface area (Å²) in [7, 11) is 0. The lowest BCUT2D eigenvalue weighted by Gasteiger charge is -2.37. The van der Waals surface area contributed by atoms with Crippen LogP contribution in [0.25, 0.3) is 11.4 Å². The van der Waals surface area contributed by atoms with Crippen molar-refractivity contribution in [2.45, 2.75) is 47.1 Å². The highest BCUT2D eigenvalue weighted by atomic mass is 16.5. The first-order chi connectivity index (χ1) is 18.9. The molecule has 1 amide bonds. The smallest absolute Gasteiger partial charge is 0.231 e. The third kappa shape index (κ3) is 5.68. The SMILES string of the molecule is CCc1cccc(CC)c1-c1nc(C)c(CN2CCOc3ccc(C)nc32)c(N2CCN(CC(N)=O)CC2)n1. The van der Waals surface area contributed by atoms with Crippen molar-refractivity contribution in [2.24, 2.45) is 5.73 Å². The van der Waals surface area contributed by atoms with Crippen LogP contribution in [0.2, 0.25) is 0 Å². The summed E-state index contributed by atoms with van der Waals surface area (Å²) in [5.41, 5.74) is 12.2. The minimum atomic E-state index is -0.290. The Labute approximate surface area is 231 Å². The Morgan fingerprint density at radius 2 is 1.64 bits per heavy atom. The van der Waals surface area contributed by atoms with Crippen molar-refractivity contribution in [2.75, 3.05) is 55.7 Å². The molecule has 4 heterocycles. The number of benzene rings is 1. The first-order valence-corrected chi connectivity index (χ1v) is 14.0. The topological polar surface area (TPSA) is 101 Å². The Hall–Kier alpha value is -3.72. The zero-order valence-corrected chi connectivity index (χ0v) is 23.5. The van der Waals surface area contributed by atoms with Gasteiger partial charge in [0.25, 0.3) is 0 Å². The van der Waals surface area contributed by atoms with Gasteiger partial charge >= 0.3 is 0 Å². The highest BCUT2D eigenvalue weighted by Gasteiger charge is 2.28. The molecule has 9 heteroatoms.